The summed E-state index contributed by atoms with van der Waals surface area (Å²) in [7, 11) is 0. The van der Waals surface area contributed by atoms with Gasteiger partial charge in [0, 0.05) is 5.69 Å². The van der Waals surface area contributed by atoms with E-state index in [1.807, 2.05) is 26.0 Å². The molecule has 3 rings (SSSR count). The largest absolute Gasteiger partial charge is 0.415 e. The molecule has 1 heterocycles. The van der Waals surface area contributed by atoms with Gasteiger partial charge in [-0.05, 0) is 37.6 Å². The van der Waals surface area contributed by atoms with Gasteiger partial charge in [-0.3, -0.25) is 0 Å². The van der Waals surface area contributed by atoms with Crippen LogP contribution in [0, 0.1) is 19.7 Å². The van der Waals surface area contributed by atoms with Crippen molar-refractivity contribution in [2.45, 2.75) is 20.1 Å². The van der Waals surface area contributed by atoms with Gasteiger partial charge in [-0.1, -0.05) is 41.4 Å². The predicted molar refractivity (Wildman–Crippen MR) is 94.1 cm³/mol. The average Bonchev–Trinajstić information content (AvgIpc) is 2.85. The van der Waals surface area contributed by atoms with E-state index in [1.165, 1.54) is 18.2 Å². The highest BCUT2D eigenvalue weighted by molar-refractivity contribution is 6.42. The van der Waals surface area contributed by atoms with E-state index in [0.29, 0.717) is 5.69 Å². The fourth-order valence-electron chi connectivity index (χ4n) is 2.50. The fourth-order valence-corrected chi connectivity index (χ4v) is 2.69. The molecule has 0 aliphatic carbocycles. The molecular formula is C19H15ClFNO4. The summed E-state index contributed by atoms with van der Waals surface area (Å²) < 4.78 is 23.9. The first-order valence-electron chi connectivity index (χ1n) is 7.77. The van der Waals surface area contributed by atoms with Crippen molar-refractivity contribution in [2.24, 2.45) is 0 Å². The molecule has 0 unspecified atom stereocenters. The summed E-state index contributed by atoms with van der Waals surface area (Å²) in [5, 5.41) is 2.74. The molecule has 1 aliphatic rings. The summed E-state index contributed by atoms with van der Waals surface area (Å²) in [4.78, 5) is 24.0. The number of esters is 2. The summed E-state index contributed by atoms with van der Waals surface area (Å²) in [6.07, 6.45) is -1.39. The lowest BCUT2D eigenvalue weighted by molar-refractivity contribution is -0.152. The van der Waals surface area contributed by atoms with Crippen molar-refractivity contribution >= 4 is 29.2 Å². The first kappa shape index (κ1) is 17.9. The van der Waals surface area contributed by atoms with Gasteiger partial charge in [0.25, 0.3) is 6.29 Å². The topological polar surface area (TPSA) is 64.6 Å². The van der Waals surface area contributed by atoms with E-state index in [1.54, 1.807) is 6.07 Å². The Kier molecular flexibility index (Phi) is 4.95. The minimum atomic E-state index is -1.39. The van der Waals surface area contributed by atoms with Crippen molar-refractivity contribution in [1.29, 1.82) is 0 Å². The molecular weight excluding hydrogens is 361 g/mol. The third kappa shape index (κ3) is 3.55. The Hall–Kier alpha value is -2.86. The van der Waals surface area contributed by atoms with E-state index in [0.717, 1.165) is 17.2 Å². The number of anilines is 1. The Morgan fingerprint density at radius 3 is 2.65 bits per heavy atom. The van der Waals surface area contributed by atoms with Crippen LogP contribution < -0.4 is 5.32 Å². The first-order chi connectivity index (χ1) is 12.4. The number of ether oxygens (including phenoxy) is 2. The maximum absolute atomic E-state index is 13.7. The van der Waals surface area contributed by atoms with Gasteiger partial charge in [-0.2, -0.15) is 0 Å². The van der Waals surface area contributed by atoms with Crippen molar-refractivity contribution in [3.8, 4) is 0 Å². The number of nitrogens with one attached hydrogen (secondary N) is 1. The fraction of sp³-hybridized carbons (Fsp3) is 0.158. The van der Waals surface area contributed by atoms with Crippen molar-refractivity contribution in [3.05, 3.63) is 75.7 Å². The van der Waals surface area contributed by atoms with Gasteiger partial charge in [0.1, 0.15) is 11.5 Å². The SMILES string of the molecule is Cc1ccc(NC2=C(Cl)C(=O)O[C@@H]2OC(=O)c2ccccc2F)c(C)c1. The number of benzene rings is 2. The summed E-state index contributed by atoms with van der Waals surface area (Å²) in [5.74, 6) is -2.53. The Bertz CT molecular complexity index is 926. The van der Waals surface area contributed by atoms with Gasteiger partial charge in [-0.25, -0.2) is 14.0 Å². The molecule has 7 heteroatoms. The summed E-state index contributed by atoms with van der Waals surface area (Å²) in [6, 6.07) is 11.0. The number of halogens is 2. The predicted octanol–water partition coefficient (Wildman–Crippen LogP) is 4.04. The number of carbonyl (C=O) groups is 2. The highest BCUT2D eigenvalue weighted by Gasteiger charge is 2.37. The Morgan fingerprint density at radius 1 is 1.23 bits per heavy atom. The van der Waals surface area contributed by atoms with Gasteiger partial charge >= 0.3 is 11.9 Å². The third-order valence-corrected chi connectivity index (χ3v) is 4.18. The van der Waals surface area contributed by atoms with Crippen LogP contribution in [0.15, 0.2) is 53.2 Å². The Labute approximate surface area is 154 Å². The minimum absolute atomic E-state index is 0.0910. The molecule has 2 aromatic rings. The zero-order valence-corrected chi connectivity index (χ0v) is 14.8. The van der Waals surface area contributed by atoms with Gasteiger partial charge in [0.05, 0.1) is 5.56 Å². The molecule has 2 aromatic carbocycles. The normalized spacial score (nSPS) is 16.5. The molecule has 0 fully saturated rings. The Morgan fingerprint density at radius 2 is 1.96 bits per heavy atom. The number of cyclic esters (lactones) is 1. The maximum atomic E-state index is 13.7. The molecule has 134 valence electrons. The maximum Gasteiger partial charge on any atom is 0.355 e. The van der Waals surface area contributed by atoms with Gasteiger partial charge in [-0.15, -0.1) is 0 Å². The monoisotopic (exact) mass is 375 g/mol. The lowest BCUT2D eigenvalue weighted by Gasteiger charge is -2.17. The number of rotatable bonds is 4. The van der Waals surface area contributed by atoms with E-state index in [4.69, 9.17) is 21.1 Å². The van der Waals surface area contributed by atoms with E-state index in [-0.39, 0.29) is 16.3 Å². The third-order valence-electron chi connectivity index (χ3n) is 3.82. The Balaban J connectivity index is 1.84. The number of aryl methyl sites for hydroxylation is 2. The zero-order valence-electron chi connectivity index (χ0n) is 14.0. The van der Waals surface area contributed by atoms with Crippen LogP contribution in [0.3, 0.4) is 0 Å². The molecule has 0 saturated carbocycles. The molecule has 1 aliphatic heterocycles. The van der Waals surface area contributed by atoms with Crippen molar-refractivity contribution < 1.29 is 23.5 Å². The molecule has 0 radical (unpaired) electrons. The van der Waals surface area contributed by atoms with E-state index in [9.17, 15) is 14.0 Å². The van der Waals surface area contributed by atoms with Gasteiger partial charge < -0.3 is 14.8 Å². The van der Waals surface area contributed by atoms with Crippen LogP contribution in [-0.2, 0) is 14.3 Å². The molecule has 1 atom stereocenters. The van der Waals surface area contributed by atoms with Crippen LogP contribution in [0.25, 0.3) is 0 Å². The van der Waals surface area contributed by atoms with E-state index < -0.39 is 24.0 Å². The molecule has 0 saturated heterocycles. The summed E-state index contributed by atoms with van der Waals surface area (Å²) in [5.41, 5.74) is 2.47. The number of carbonyl (C=O) groups excluding carboxylic acids is 2. The van der Waals surface area contributed by atoms with E-state index >= 15 is 0 Å². The molecule has 0 amide bonds. The summed E-state index contributed by atoms with van der Waals surface area (Å²) >= 11 is 5.99. The molecule has 0 aromatic heterocycles. The highest BCUT2D eigenvalue weighted by atomic mass is 35.5. The average molecular weight is 376 g/mol. The highest BCUT2D eigenvalue weighted by Crippen LogP contribution is 2.30. The van der Waals surface area contributed by atoms with Crippen LogP contribution in [0.4, 0.5) is 10.1 Å². The molecule has 5 nitrogen and oxygen atoms in total. The van der Waals surface area contributed by atoms with Gasteiger partial charge in [0.2, 0.25) is 0 Å². The smallest absolute Gasteiger partial charge is 0.355 e. The number of hydrogen-bond acceptors (Lipinski definition) is 5. The molecule has 0 bridgehead atoms. The van der Waals surface area contributed by atoms with Crippen LogP contribution in [0.5, 0.6) is 0 Å². The van der Waals surface area contributed by atoms with Crippen LogP contribution in [-0.4, -0.2) is 18.2 Å². The van der Waals surface area contributed by atoms with Gasteiger partial charge in [0.15, 0.2) is 5.03 Å². The quantitative estimate of drug-likeness (QED) is 0.817. The van der Waals surface area contributed by atoms with Crippen molar-refractivity contribution in [1.82, 2.24) is 0 Å². The van der Waals surface area contributed by atoms with Crippen LogP contribution >= 0.6 is 11.6 Å². The molecule has 1 N–H and O–H groups in total. The van der Waals surface area contributed by atoms with Crippen LogP contribution in [0.2, 0.25) is 0 Å². The lowest BCUT2D eigenvalue weighted by atomic mass is 10.1. The molecule has 26 heavy (non-hydrogen) atoms. The van der Waals surface area contributed by atoms with Crippen LogP contribution in [0.1, 0.15) is 21.5 Å². The standard InChI is InChI=1S/C19H15ClFNO4/c1-10-7-8-14(11(2)9-10)22-16-15(20)18(24)26-19(16)25-17(23)12-5-3-4-6-13(12)21/h3-9,19,22H,1-2H3/t19-/m0/s1. The first-order valence-corrected chi connectivity index (χ1v) is 8.15. The lowest BCUT2D eigenvalue weighted by Crippen LogP contribution is -2.24. The number of hydrogen-bond donors (Lipinski definition) is 1. The second-order valence-corrected chi connectivity index (χ2v) is 6.17. The van der Waals surface area contributed by atoms with E-state index in [2.05, 4.69) is 5.32 Å². The molecule has 0 spiro atoms. The van der Waals surface area contributed by atoms with Crippen molar-refractivity contribution in [2.75, 3.05) is 5.32 Å². The second-order valence-electron chi connectivity index (χ2n) is 5.79. The summed E-state index contributed by atoms with van der Waals surface area (Å²) in [6.45, 7) is 3.83. The van der Waals surface area contributed by atoms with Crippen molar-refractivity contribution in [3.63, 3.8) is 0 Å². The zero-order chi connectivity index (χ0) is 18.8. The second kappa shape index (κ2) is 7.17. The minimum Gasteiger partial charge on any atom is -0.415 e.